The predicted octanol–water partition coefficient (Wildman–Crippen LogP) is 5.11. The number of aryl methyl sites for hydroxylation is 2. The van der Waals surface area contributed by atoms with Crippen molar-refractivity contribution >= 4 is 22.7 Å². The molecule has 0 aliphatic carbocycles. The van der Waals surface area contributed by atoms with Gasteiger partial charge in [-0.15, -0.1) is 10.2 Å². The van der Waals surface area contributed by atoms with E-state index < -0.39 is 0 Å². The number of fused-ring (bicyclic) bond motifs is 1. The lowest BCUT2D eigenvalue weighted by atomic mass is 10.0. The van der Waals surface area contributed by atoms with Gasteiger partial charge >= 0.3 is 5.63 Å². The van der Waals surface area contributed by atoms with Crippen LogP contribution in [0.5, 0.6) is 0 Å². The summed E-state index contributed by atoms with van der Waals surface area (Å²) < 4.78 is 7.77. The molecular formula is C23H32N4O2S. The summed E-state index contributed by atoms with van der Waals surface area (Å²) in [5.74, 6) is 1.66. The molecule has 3 rings (SSSR count). The summed E-state index contributed by atoms with van der Waals surface area (Å²) in [6.45, 7) is 9.30. The van der Waals surface area contributed by atoms with Gasteiger partial charge in [-0.05, 0) is 57.5 Å². The maximum atomic E-state index is 12.2. The number of unbranched alkanes of at least 4 members (excludes halogenated alkanes) is 1. The van der Waals surface area contributed by atoms with E-state index in [9.17, 15) is 4.79 Å². The minimum Gasteiger partial charge on any atom is -0.422 e. The first-order valence-electron chi connectivity index (χ1n) is 10.6. The van der Waals surface area contributed by atoms with Gasteiger partial charge in [0, 0.05) is 23.8 Å². The summed E-state index contributed by atoms with van der Waals surface area (Å²) in [5.41, 5.74) is 3.49. The summed E-state index contributed by atoms with van der Waals surface area (Å²) >= 11 is 1.63. The van der Waals surface area contributed by atoms with Crippen molar-refractivity contribution in [2.45, 2.75) is 70.5 Å². The van der Waals surface area contributed by atoms with Gasteiger partial charge in [-0.2, -0.15) is 0 Å². The second kappa shape index (κ2) is 9.79. The number of hydrogen-bond acceptors (Lipinski definition) is 6. The van der Waals surface area contributed by atoms with Gasteiger partial charge in [-0.1, -0.05) is 44.2 Å². The number of hydrogen-bond donors (Lipinski definition) is 0. The normalized spacial score (nSPS) is 12.8. The van der Waals surface area contributed by atoms with Crippen LogP contribution in [0.4, 0.5) is 0 Å². The van der Waals surface area contributed by atoms with E-state index in [0.29, 0.717) is 11.3 Å². The first kappa shape index (κ1) is 22.6. The highest BCUT2D eigenvalue weighted by molar-refractivity contribution is 7.98. The summed E-state index contributed by atoms with van der Waals surface area (Å²) in [6.07, 6.45) is 3.17. The number of benzene rings is 1. The average Bonchev–Trinajstić information content (AvgIpc) is 3.10. The molecule has 0 amide bonds. The third kappa shape index (κ3) is 4.62. The summed E-state index contributed by atoms with van der Waals surface area (Å²) in [4.78, 5) is 14.4. The van der Waals surface area contributed by atoms with E-state index in [1.807, 2.05) is 19.9 Å². The molecule has 0 saturated carbocycles. The van der Waals surface area contributed by atoms with Crippen molar-refractivity contribution in [3.8, 4) is 0 Å². The highest BCUT2D eigenvalue weighted by Gasteiger charge is 2.22. The van der Waals surface area contributed by atoms with E-state index in [4.69, 9.17) is 4.42 Å². The topological polar surface area (TPSA) is 64.2 Å². The number of aromatic nitrogens is 3. The molecule has 1 aromatic carbocycles. The Kier molecular flexibility index (Phi) is 7.36. The Balaban J connectivity index is 1.95. The molecule has 162 valence electrons. The Bertz CT molecular complexity index is 1070. The molecule has 0 radical (unpaired) electrons. The zero-order valence-corrected chi connectivity index (χ0v) is 19.7. The molecule has 3 aromatic rings. The zero-order valence-electron chi connectivity index (χ0n) is 18.9. The molecule has 2 aromatic heterocycles. The van der Waals surface area contributed by atoms with Crippen LogP contribution >= 0.6 is 11.8 Å². The van der Waals surface area contributed by atoms with Gasteiger partial charge in [0.25, 0.3) is 0 Å². The second-order valence-electron chi connectivity index (χ2n) is 8.00. The van der Waals surface area contributed by atoms with E-state index >= 15 is 0 Å². The number of nitrogens with zero attached hydrogens (tertiary/aromatic N) is 4. The van der Waals surface area contributed by atoms with Crippen LogP contribution < -0.4 is 5.63 Å². The maximum absolute atomic E-state index is 12.2. The van der Waals surface area contributed by atoms with Gasteiger partial charge in [-0.3, -0.25) is 4.90 Å². The first-order valence-corrected chi connectivity index (χ1v) is 11.6. The van der Waals surface area contributed by atoms with Crippen molar-refractivity contribution < 1.29 is 4.42 Å². The smallest absolute Gasteiger partial charge is 0.336 e. The first-order chi connectivity index (χ1) is 14.4. The molecule has 0 unspecified atom stereocenters. The lowest BCUT2D eigenvalue weighted by Crippen LogP contribution is -2.23. The van der Waals surface area contributed by atoms with Crippen molar-refractivity contribution in [2.24, 2.45) is 0 Å². The molecule has 0 saturated heterocycles. The van der Waals surface area contributed by atoms with Crippen LogP contribution in [-0.2, 0) is 12.3 Å². The maximum Gasteiger partial charge on any atom is 0.336 e. The van der Waals surface area contributed by atoms with Crippen LogP contribution in [-0.4, -0.2) is 33.8 Å². The molecular weight excluding hydrogens is 396 g/mol. The zero-order chi connectivity index (χ0) is 21.8. The Morgan fingerprint density at radius 3 is 2.63 bits per heavy atom. The number of thioether (sulfide) groups is 1. The monoisotopic (exact) mass is 428 g/mol. The molecule has 0 fully saturated rings. The molecule has 7 heteroatoms. The van der Waals surface area contributed by atoms with Crippen molar-refractivity contribution in [3.05, 3.63) is 51.1 Å². The summed E-state index contributed by atoms with van der Waals surface area (Å²) in [7, 11) is 4.17. The average molecular weight is 429 g/mol. The van der Waals surface area contributed by atoms with Crippen molar-refractivity contribution in [3.63, 3.8) is 0 Å². The van der Waals surface area contributed by atoms with Crippen LogP contribution in [0.15, 0.2) is 32.6 Å². The molecule has 30 heavy (non-hydrogen) atoms. The van der Waals surface area contributed by atoms with Gasteiger partial charge in [-0.25, -0.2) is 4.79 Å². The summed E-state index contributed by atoms with van der Waals surface area (Å²) in [6, 6.07) is 5.96. The van der Waals surface area contributed by atoms with Crippen molar-refractivity contribution in [1.82, 2.24) is 19.7 Å². The minimum atomic E-state index is -0.307. The Hall–Kier alpha value is -2.12. The SMILES string of the molecule is CCCCn1c(SCc2cc(=O)oc3c(C)c(C)ccc23)nnc1[C@H](CC)N(C)C. The van der Waals surface area contributed by atoms with Crippen LogP contribution in [0.2, 0.25) is 0 Å². The van der Waals surface area contributed by atoms with Gasteiger partial charge in [0.15, 0.2) is 11.0 Å². The Morgan fingerprint density at radius 2 is 1.97 bits per heavy atom. The van der Waals surface area contributed by atoms with E-state index in [0.717, 1.165) is 58.9 Å². The van der Waals surface area contributed by atoms with E-state index in [1.165, 1.54) is 0 Å². The predicted molar refractivity (Wildman–Crippen MR) is 123 cm³/mol. The quantitative estimate of drug-likeness (QED) is 0.349. The van der Waals surface area contributed by atoms with Crippen LogP contribution in [0.25, 0.3) is 11.0 Å². The molecule has 0 aliphatic rings. The van der Waals surface area contributed by atoms with Crippen LogP contribution in [0, 0.1) is 13.8 Å². The Morgan fingerprint density at radius 1 is 1.20 bits per heavy atom. The fourth-order valence-electron chi connectivity index (χ4n) is 3.74. The molecule has 2 heterocycles. The molecule has 0 N–H and O–H groups in total. The summed E-state index contributed by atoms with van der Waals surface area (Å²) in [5, 5.41) is 11.0. The second-order valence-corrected chi connectivity index (χ2v) is 8.94. The van der Waals surface area contributed by atoms with Crippen molar-refractivity contribution in [2.75, 3.05) is 14.1 Å². The Labute approximate surface area is 182 Å². The van der Waals surface area contributed by atoms with Gasteiger partial charge < -0.3 is 8.98 Å². The van der Waals surface area contributed by atoms with Gasteiger partial charge in [0.1, 0.15) is 5.58 Å². The fraction of sp³-hybridized carbons (Fsp3) is 0.522. The molecule has 1 atom stereocenters. The molecule has 0 aliphatic heterocycles. The van der Waals surface area contributed by atoms with Crippen LogP contribution in [0.1, 0.15) is 61.7 Å². The van der Waals surface area contributed by atoms with Gasteiger partial charge in [0.2, 0.25) is 0 Å². The highest BCUT2D eigenvalue weighted by atomic mass is 32.2. The third-order valence-corrected chi connectivity index (χ3v) is 6.68. The largest absolute Gasteiger partial charge is 0.422 e. The lowest BCUT2D eigenvalue weighted by molar-refractivity contribution is 0.270. The van der Waals surface area contributed by atoms with E-state index in [2.05, 4.69) is 53.7 Å². The lowest BCUT2D eigenvalue weighted by Gasteiger charge is -2.23. The molecule has 0 bridgehead atoms. The fourth-order valence-corrected chi connectivity index (χ4v) is 4.71. The molecule has 6 nitrogen and oxygen atoms in total. The standard InChI is InChI=1S/C23H32N4O2S/c1-7-9-12-27-22(19(8-2)26(5)6)24-25-23(27)30-14-17-13-20(28)29-21-16(4)15(3)10-11-18(17)21/h10-11,13,19H,7-9,12,14H2,1-6H3/t19-/m0/s1. The highest BCUT2D eigenvalue weighted by Crippen LogP contribution is 2.30. The van der Waals surface area contributed by atoms with E-state index in [1.54, 1.807) is 17.8 Å². The van der Waals surface area contributed by atoms with Crippen molar-refractivity contribution in [1.29, 1.82) is 0 Å². The third-order valence-electron chi connectivity index (χ3n) is 5.66. The van der Waals surface area contributed by atoms with Gasteiger partial charge in [0.05, 0.1) is 6.04 Å². The number of rotatable bonds is 9. The van der Waals surface area contributed by atoms with Crippen LogP contribution in [0.3, 0.4) is 0 Å². The minimum absolute atomic E-state index is 0.235. The van der Waals surface area contributed by atoms with E-state index in [-0.39, 0.29) is 11.7 Å². The molecule has 0 spiro atoms.